The van der Waals surface area contributed by atoms with Crippen molar-refractivity contribution >= 4 is 29.1 Å². The summed E-state index contributed by atoms with van der Waals surface area (Å²) < 4.78 is 0. The Morgan fingerprint density at radius 3 is 2.48 bits per heavy atom. The zero-order chi connectivity index (χ0) is 18.4. The monoisotopic (exact) mass is 358 g/mol. The van der Waals surface area contributed by atoms with Crippen LogP contribution in [-0.4, -0.2) is 18.4 Å². The molecule has 5 heteroatoms. The Bertz CT molecular complexity index is 774. The number of hydrogen-bond donors (Lipinski definition) is 1. The molecule has 0 spiro atoms. The minimum atomic E-state index is -0.114. The molecule has 0 heterocycles. The van der Waals surface area contributed by atoms with Crippen molar-refractivity contribution in [2.75, 3.05) is 11.4 Å². The molecule has 2 aromatic rings. The van der Waals surface area contributed by atoms with Gasteiger partial charge in [-0.2, -0.15) is 0 Å². The standard InChI is InChI=1S/C20H23ClN2O2/c1-14-7-6-10-19(15(14)2)23(16(3)24)12-11-20(25)22-13-17-8-4-5-9-18(17)21/h4-10H,11-13H2,1-3H3,(H,22,25). The highest BCUT2D eigenvalue weighted by Gasteiger charge is 2.16. The Balaban J connectivity index is 1.97. The normalized spacial score (nSPS) is 10.4. The van der Waals surface area contributed by atoms with E-state index >= 15 is 0 Å². The van der Waals surface area contributed by atoms with Crippen LogP contribution >= 0.6 is 11.6 Å². The topological polar surface area (TPSA) is 49.4 Å². The molecular formula is C20H23ClN2O2. The van der Waals surface area contributed by atoms with Crippen LogP contribution < -0.4 is 10.2 Å². The van der Waals surface area contributed by atoms with Crippen LogP contribution in [0.2, 0.25) is 5.02 Å². The van der Waals surface area contributed by atoms with Crippen LogP contribution in [0.5, 0.6) is 0 Å². The molecule has 0 saturated carbocycles. The van der Waals surface area contributed by atoms with E-state index in [1.165, 1.54) is 6.92 Å². The number of anilines is 1. The van der Waals surface area contributed by atoms with E-state index in [1.807, 2.05) is 50.2 Å². The maximum Gasteiger partial charge on any atom is 0.223 e. The maximum atomic E-state index is 12.1. The molecule has 1 N–H and O–H groups in total. The third kappa shape index (κ3) is 5.07. The van der Waals surface area contributed by atoms with Crippen molar-refractivity contribution in [3.63, 3.8) is 0 Å². The number of rotatable bonds is 6. The van der Waals surface area contributed by atoms with E-state index in [2.05, 4.69) is 5.32 Å². The van der Waals surface area contributed by atoms with Gasteiger partial charge in [0.1, 0.15) is 0 Å². The van der Waals surface area contributed by atoms with Gasteiger partial charge in [-0.25, -0.2) is 0 Å². The Morgan fingerprint density at radius 1 is 1.08 bits per heavy atom. The number of carbonyl (C=O) groups excluding carboxylic acids is 2. The highest BCUT2D eigenvalue weighted by molar-refractivity contribution is 6.31. The summed E-state index contributed by atoms with van der Waals surface area (Å²) in [5.41, 5.74) is 3.89. The van der Waals surface area contributed by atoms with Gasteiger partial charge >= 0.3 is 0 Å². The zero-order valence-corrected chi connectivity index (χ0v) is 15.6. The number of nitrogens with zero attached hydrogens (tertiary/aromatic N) is 1. The molecule has 0 aromatic heterocycles. The first-order valence-electron chi connectivity index (χ1n) is 8.24. The van der Waals surface area contributed by atoms with Crippen LogP contribution in [0.15, 0.2) is 42.5 Å². The van der Waals surface area contributed by atoms with Crippen molar-refractivity contribution in [1.29, 1.82) is 0 Å². The Hall–Kier alpha value is -2.33. The molecule has 2 aromatic carbocycles. The van der Waals surface area contributed by atoms with Gasteiger partial charge in [-0.05, 0) is 42.7 Å². The van der Waals surface area contributed by atoms with Gasteiger partial charge in [-0.15, -0.1) is 0 Å². The summed E-state index contributed by atoms with van der Waals surface area (Å²) in [4.78, 5) is 25.8. The molecule has 4 nitrogen and oxygen atoms in total. The average molecular weight is 359 g/mol. The Morgan fingerprint density at radius 2 is 1.80 bits per heavy atom. The van der Waals surface area contributed by atoms with Gasteiger partial charge in [0, 0.05) is 37.1 Å². The largest absolute Gasteiger partial charge is 0.352 e. The summed E-state index contributed by atoms with van der Waals surface area (Å²) in [6.07, 6.45) is 0.234. The second-order valence-electron chi connectivity index (χ2n) is 6.01. The first kappa shape index (κ1) is 19.0. The van der Waals surface area contributed by atoms with Crippen molar-refractivity contribution in [2.24, 2.45) is 0 Å². The van der Waals surface area contributed by atoms with Crippen molar-refractivity contribution in [2.45, 2.75) is 33.7 Å². The van der Waals surface area contributed by atoms with Gasteiger partial charge in [0.15, 0.2) is 0 Å². The van der Waals surface area contributed by atoms with E-state index in [-0.39, 0.29) is 18.2 Å². The summed E-state index contributed by atoms with van der Waals surface area (Å²) in [5, 5.41) is 3.48. The lowest BCUT2D eigenvalue weighted by molar-refractivity contribution is -0.121. The molecule has 0 atom stereocenters. The third-order valence-corrected chi connectivity index (χ3v) is 4.61. The fraction of sp³-hybridized carbons (Fsp3) is 0.300. The van der Waals surface area contributed by atoms with Crippen LogP contribution in [0.25, 0.3) is 0 Å². The predicted molar refractivity (Wildman–Crippen MR) is 102 cm³/mol. The summed E-state index contributed by atoms with van der Waals surface area (Å²) in [7, 11) is 0. The molecule has 0 saturated heterocycles. The quantitative estimate of drug-likeness (QED) is 0.848. The number of aryl methyl sites for hydroxylation is 1. The average Bonchev–Trinajstić information content (AvgIpc) is 2.57. The molecule has 132 valence electrons. The summed E-state index contributed by atoms with van der Waals surface area (Å²) in [6, 6.07) is 13.2. The molecule has 2 rings (SSSR count). The molecule has 0 aliphatic heterocycles. The van der Waals surface area contributed by atoms with Crippen LogP contribution in [0.4, 0.5) is 5.69 Å². The van der Waals surface area contributed by atoms with E-state index in [1.54, 1.807) is 11.0 Å². The first-order chi connectivity index (χ1) is 11.9. The highest BCUT2D eigenvalue weighted by atomic mass is 35.5. The second-order valence-corrected chi connectivity index (χ2v) is 6.42. The van der Waals surface area contributed by atoms with Crippen LogP contribution in [0.3, 0.4) is 0 Å². The molecule has 2 amide bonds. The maximum absolute atomic E-state index is 12.1. The summed E-state index contributed by atoms with van der Waals surface area (Å²) >= 11 is 6.08. The number of hydrogen-bond acceptors (Lipinski definition) is 2. The molecule has 0 unspecified atom stereocenters. The summed E-state index contributed by atoms with van der Waals surface area (Å²) in [5.74, 6) is -0.191. The van der Waals surface area contributed by atoms with Gasteiger partial charge in [0.25, 0.3) is 0 Å². The van der Waals surface area contributed by atoms with Gasteiger partial charge in [0.2, 0.25) is 11.8 Å². The van der Waals surface area contributed by atoms with Crippen molar-refractivity contribution in [1.82, 2.24) is 5.32 Å². The molecule has 0 radical (unpaired) electrons. The first-order valence-corrected chi connectivity index (χ1v) is 8.62. The fourth-order valence-corrected chi connectivity index (χ4v) is 2.82. The minimum Gasteiger partial charge on any atom is -0.352 e. The highest BCUT2D eigenvalue weighted by Crippen LogP contribution is 2.23. The van der Waals surface area contributed by atoms with E-state index in [0.29, 0.717) is 18.1 Å². The lowest BCUT2D eigenvalue weighted by Gasteiger charge is -2.23. The third-order valence-electron chi connectivity index (χ3n) is 4.24. The number of nitrogens with one attached hydrogen (secondary N) is 1. The van der Waals surface area contributed by atoms with Crippen molar-refractivity contribution < 1.29 is 9.59 Å². The number of amides is 2. The van der Waals surface area contributed by atoms with E-state index in [0.717, 1.165) is 22.4 Å². The molecule has 25 heavy (non-hydrogen) atoms. The Labute approximate surface area is 153 Å². The lowest BCUT2D eigenvalue weighted by Crippen LogP contribution is -2.34. The second kappa shape index (κ2) is 8.67. The SMILES string of the molecule is CC(=O)N(CCC(=O)NCc1ccccc1Cl)c1cccc(C)c1C. The van der Waals surface area contributed by atoms with E-state index in [4.69, 9.17) is 11.6 Å². The smallest absolute Gasteiger partial charge is 0.223 e. The predicted octanol–water partition coefficient (Wildman–Crippen LogP) is 4.02. The number of carbonyl (C=O) groups is 2. The minimum absolute atomic E-state index is 0.0763. The summed E-state index contributed by atoms with van der Waals surface area (Å²) in [6.45, 7) is 6.23. The lowest BCUT2D eigenvalue weighted by atomic mass is 10.1. The van der Waals surface area contributed by atoms with E-state index < -0.39 is 0 Å². The Kier molecular flexibility index (Phi) is 6.59. The van der Waals surface area contributed by atoms with Gasteiger partial charge in [-0.1, -0.05) is 41.9 Å². The molecule has 0 fully saturated rings. The van der Waals surface area contributed by atoms with Crippen LogP contribution in [-0.2, 0) is 16.1 Å². The van der Waals surface area contributed by atoms with E-state index in [9.17, 15) is 9.59 Å². The molecular weight excluding hydrogens is 336 g/mol. The van der Waals surface area contributed by atoms with Gasteiger partial charge in [-0.3, -0.25) is 9.59 Å². The van der Waals surface area contributed by atoms with Gasteiger partial charge in [0.05, 0.1) is 0 Å². The zero-order valence-electron chi connectivity index (χ0n) is 14.8. The number of halogens is 1. The van der Waals surface area contributed by atoms with Crippen molar-refractivity contribution in [3.05, 3.63) is 64.2 Å². The van der Waals surface area contributed by atoms with Crippen molar-refractivity contribution in [3.8, 4) is 0 Å². The van der Waals surface area contributed by atoms with Gasteiger partial charge < -0.3 is 10.2 Å². The molecule has 0 aliphatic carbocycles. The fourth-order valence-electron chi connectivity index (χ4n) is 2.61. The number of benzene rings is 2. The van der Waals surface area contributed by atoms with Crippen LogP contribution in [0, 0.1) is 13.8 Å². The molecule has 0 aliphatic rings. The van der Waals surface area contributed by atoms with Crippen LogP contribution in [0.1, 0.15) is 30.0 Å². The molecule has 0 bridgehead atoms.